The fourth-order valence-corrected chi connectivity index (χ4v) is 3.42. The molecule has 4 aromatic rings. The molecule has 8 nitrogen and oxygen atoms in total. The molecule has 0 spiro atoms. The van der Waals surface area contributed by atoms with Crippen molar-refractivity contribution >= 4 is 39.4 Å². The van der Waals surface area contributed by atoms with Crippen molar-refractivity contribution in [2.75, 3.05) is 12.4 Å². The Balaban J connectivity index is 1.38. The lowest BCUT2D eigenvalue weighted by Gasteiger charge is -2.12. The van der Waals surface area contributed by atoms with Crippen molar-refractivity contribution < 1.29 is 23.5 Å². The number of anilines is 1. The first-order valence-corrected chi connectivity index (χ1v) is 9.86. The highest BCUT2D eigenvalue weighted by Crippen LogP contribution is 2.26. The summed E-state index contributed by atoms with van der Waals surface area (Å²) in [6.45, 7) is 1.50. The van der Waals surface area contributed by atoms with Crippen molar-refractivity contribution in [2.45, 2.75) is 13.0 Å². The van der Waals surface area contributed by atoms with E-state index >= 15 is 0 Å². The molecule has 1 unspecified atom stereocenters. The summed E-state index contributed by atoms with van der Waals surface area (Å²) in [4.78, 5) is 33.1. The van der Waals surface area contributed by atoms with Crippen molar-refractivity contribution in [3.8, 4) is 17.0 Å². The number of carbonyl (C=O) groups is 2. The quantitative estimate of drug-likeness (QED) is 0.465. The van der Waals surface area contributed by atoms with Crippen molar-refractivity contribution in [3.05, 3.63) is 59.8 Å². The van der Waals surface area contributed by atoms with Crippen LogP contribution in [-0.2, 0) is 9.53 Å². The number of hydrogen-bond acceptors (Lipinski definition) is 8. The van der Waals surface area contributed by atoms with Gasteiger partial charge in [-0.2, -0.15) is 0 Å². The molecule has 9 heteroatoms. The van der Waals surface area contributed by atoms with Crippen LogP contribution < -0.4 is 10.1 Å². The van der Waals surface area contributed by atoms with Gasteiger partial charge in [0, 0.05) is 10.9 Å². The fourth-order valence-electron chi connectivity index (χ4n) is 2.70. The Morgan fingerprint density at radius 1 is 1.17 bits per heavy atom. The van der Waals surface area contributed by atoms with Gasteiger partial charge in [-0.3, -0.25) is 10.1 Å². The van der Waals surface area contributed by atoms with Crippen LogP contribution in [0.2, 0.25) is 0 Å². The Labute approximate surface area is 175 Å². The molecule has 30 heavy (non-hydrogen) atoms. The number of nitrogens with one attached hydrogen (secondary N) is 1. The normalized spacial score (nSPS) is 11.8. The molecule has 2 aromatic carbocycles. The number of benzene rings is 2. The second kappa shape index (κ2) is 8.34. The number of carbonyl (C=O) groups excluding carboxylic acids is 2. The fraction of sp³-hybridized carbons (Fsp3) is 0.143. The molecule has 2 heterocycles. The third kappa shape index (κ3) is 4.15. The average molecular weight is 423 g/mol. The second-order valence-electron chi connectivity index (χ2n) is 6.34. The number of rotatable bonds is 6. The maximum Gasteiger partial charge on any atom is 0.339 e. The third-order valence-corrected chi connectivity index (χ3v) is 5.10. The van der Waals surface area contributed by atoms with Crippen LogP contribution in [-0.4, -0.2) is 35.1 Å². The topological polar surface area (TPSA) is 104 Å². The molecule has 0 saturated carbocycles. The van der Waals surface area contributed by atoms with Crippen molar-refractivity contribution in [2.24, 2.45) is 0 Å². The zero-order valence-electron chi connectivity index (χ0n) is 16.1. The van der Waals surface area contributed by atoms with Gasteiger partial charge in [-0.15, -0.1) is 11.3 Å². The summed E-state index contributed by atoms with van der Waals surface area (Å²) >= 11 is 1.28. The molecule has 0 fully saturated rings. The molecule has 0 bridgehead atoms. The van der Waals surface area contributed by atoms with Gasteiger partial charge in [-0.05, 0) is 49.4 Å². The van der Waals surface area contributed by atoms with Gasteiger partial charge >= 0.3 is 5.97 Å². The second-order valence-corrected chi connectivity index (χ2v) is 7.20. The number of aromatic nitrogens is 2. The predicted molar refractivity (Wildman–Crippen MR) is 112 cm³/mol. The van der Waals surface area contributed by atoms with E-state index in [4.69, 9.17) is 13.9 Å². The number of oxazole rings is 1. The summed E-state index contributed by atoms with van der Waals surface area (Å²) in [5, 5.41) is 4.92. The molecule has 0 aliphatic heterocycles. The van der Waals surface area contributed by atoms with Crippen LogP contribution in [0.4, 0.5) is 5.13 Å². The molecule has 0 saturated heterocycles. The van der Waals surface area contributed by atoms with Gasteiger partial charge in [0.05, 0.1) is 18.4 Å². The standard InChI is InChI=1S/C21H17N3O5S/c1-12(29-20(26)14-5-8-16-18(9-14)28-11-22-16)19(25)24-21-23-17(10-30-21)13-3-6-15(27-2)7-4-13/h3-12H,1-2H3,(H,23,24,25). The molecule has 1 amide bonds. The highest BCUT2D eigenvalue weighted by atomic mass is 32.1. The Bertz CT molecular complexity index is 1200. The van der Waals surface area contributed by atoms with Crippen molar-refractivity contribution in [3.63, 3.8) is 0 Å². The number of amides is 1. The molecular weight excluding hydrogens is 406 g/mol. The van der Waals surface area contributed by atoms with E-state index in [1.54, 1.807) is 19.2 Å². The van der Waals surface area contributed by atoms with Gasteiger partial charge in [0.2, 0.25) is 0 Å². The number of methoxy groups -OCH3 is 1. The van der Waals surface area contributed by atoms with Crippen LogP contribution in [0.3, 0.4) is 0 Å². The molecule has 1 N–H and O–H groups in total. The largest absolute Gasteiger partial charge is 0.497 e. The predicted octanol–water partition coefficient (Wildman–Crippen LogP) is 4.14. The number of thiazole rings is 1. The molecule has 152 valence electrons. The van der Waals surface area contributed by atoms with E-state index in [9.17, 15) is 9.59 Å². The van der Waals surface area contributed by atoms with Crippen LogP contribution in [0.1, 0.15) is 17.3 Å². The summed E-state index contributed by atoms with van der Waals surface area (Å²) in [5.41, 5.74) is 3.00. The summed E-state index contributed by atoms with van der Waals surface area (Å²) < 4.78 is 15.6. The highest BCUT2D eigenvalue weighted by Gasteiger charge is 2.21. The van der Waals surface area contributed by atoms with Crippen LogP contribution in [0.5, 0.6) is 5.75 Å². The van der Waals surface area contributed by atoms with E-state index in [2.05, 4.69) is 15.3 Å². The van der Waals surface area contributed by atoms with Crippen LogP contribution in [0.25, 0.3) is 22.4 Å². The lowest BCUT2D eigenvalue weighted by Crippen LogP contribution is -2.29. The van der Waals surface area contributed by atoms with Crippen molar-refractivity contribution in [1.29, 1.82) is 0 Å². The minimum absolute atomic E-state index is 0.273. The van der Waals surface area contributed by atoms with Crippen LogP contribution in [0.15, 0.2) is 58.7 Å². The number of ether oxygens (including phenoxy) is 2. The van der Waals surface area contributed by atoms with Gasteiger partial charge in [-0.25, -0.2) is 14.8 Å². The van der Waals surface area contributed by atoms with Crippen LogP contribution in [0, 0.1) is 0 Å². The molecule has 1 atom stereocenters. The zero-order valence-corrected chi connectivity index (χ0v) is 16.9. The summed E-state index contributed by atoms with van der Waals surface area (Å²) in [6.07, 6.45) is 0.292. The number of nitrogens with zero attached hydrogens (tertiary/aromatic N) is 2. The van der Waals surface area contributed by atoms with E-state index in [1.807, 2.05) is 29.6 Å². The smallest absolute Gasteiger partial charge is 0.339 e. The summed E-state index contributed by atoms with van der Waals surface area (Å²) in [5.74, 6) is -0.352. The van der Waals surface area contributed by atoms with Gasteiger partial charge < -0.3 is 13.9 Å². The maximum atomic E-state index is 12.4. The number of hydrogen-bond donors (Lipinski definition) is 1. The molecule has 0 aliphatic rings. The highest BCUT2D eigenvalue weighted by molar-refractivity contribution is 7.14. The first-order valence-electron chi connectivity index (χ1n) is 8.98. The van der Waals surface area contributed by atoms with E-state index in [-0.39, 0.29) is 5.56 Å². The molecule has 0 radical (unpaired) electrons. The van der Waals surface area contributed by atoms with E-state index in [0.29, 0.717) is 16.2 Å². The Hall–Kier alpha value is -3.72. The minimum atomic E-state index is -1.00. The first-order chi connectivity index (χ1) is 14.5. The van der Waals surface area contributed by atoms with Crippen molar-refractivity contribution in [1.82, 2.24) is 9.97 Å². The first kappa shape index (κ1) is 19.6. The zero-order chi connectivity index (χ0) is 21.1. The van der Waals surface area contributed by atoms with E-state index < -0.39 is 18.0 Å². The van der Waals surface area contributed by atoms with Gasteiger partial charge in [0.25, 0.3) is 5.91 Å². The molecule has 0 aliphatic carbocycles. The maximum absolute atomic E-state index is 12.4. The Morgan fingerprint density at radius 2 is 1.97 bits per heavy atom. The van der Waals surface area contributed by atoms with E-state index in [1.165, 1.54) is 30.7 Å². The lowest BCUT2D eigenvalue weighted by molar-refractivity contribution is -0.123. The SMILES string of the molecule is COc1ccc(-c2csc(NC(=O)C(C)OC(=O)c3ccc4ncoc4c3)n2)cc1. The number of esters is 1. The Morgan fingerprint density at radius 3 is 2.73 bits per heavy atom. The Kier molecular flexibility index (Phi) is 5.44. The summed E-state index contributed by atoms with van der Waals surface area (Å²) in [7, 11) is 1.60. The lowest BCUT2D eigenvalue weighted by atomic mass is 10.2. The van der Waals surface area contributed by atoms with Gasteiger partial charge in [-0.1, -0.05) is 0 Å². The number of fused-ring (bicyclic) bond motifs is 1. The van der Waals surface area contributed by atoms with Gasteiger partial charge in [0.15, 0.2) is 23.2 Å². The monoisotopic (exact) mass is 423 g/mol. The van der Waals surface area contributed by atoms with Crippen LogP contribution >= 0.6 is 11.3 Å². The molecule has 2 aromatic heterocycles. The average Bonchev–Trinajstić information content (AvgIpc) is 3.42. The molecule has 4 rings (SSSR count). The van der Waals surface area contributed by atoms with Gasteiger partial charge in [0.1, 0.15) is 11.3 Å². The third-order valence-electron chi connectivity index (χ3n) is 4.34. The molecular formula is C21H17N3O5S. The van der Waals surface area contributed by atoms with E-state index in [0.717, 1.165) is 17.0 Å². The minimum Gasteiger partial charge on any atom is -0.497 e. The summed E-state index contributed by atoms with van der Waals surface area (Å²) in [6, 6.07) is 12.2.